The predicted molar refractivity (Wildman–Crippen MR) is 127 cm³/mol. The first-order chi connectivity index (χ1) is 16.3. The molecule has 0 aliphatic carbocycles. The van der Waals surface area contributed by atoms with Gasteiger partial charge in [-0.3, -0.25) is 4.79 Å². The molecule has 0 spiro atoms. The van der Waals surface area contributed by atoms with E-state index in [9.17, 15) is 23.5 Å². The smallest absolute Gasteiger partial charge is 0.348 e. The van der Waals surface area contributed by atoms with Crippen molar-refractivity contribution in [2.24, 2.45) is 0 Å². The molecule has 1 aromatic carbocycles. The number of carbonyl (C=O) groups is 2. The van der Waals surface area contributed by atoms with Gasteiger partial charge in [-0.05, 0) is 48.4 Å². The van der Waals surface area contributed by atoms with E-state index >= 15 is 0 Å². The second-order valence-corrected chi connectivity index (χ2v) is 8.92. The monoisotopic (exact) mass is 487 g/mol. The molecule has 8 heteroatoms. The van der Waals surface area contributed by atoms with Crippen molar-refractivity contribution in [2.45, 2.75) is 50.2 Å². The molecule has 2 aromatic rings. The van der Waals surface area contributed by atoms with Gasteiger partial charge in [-0.25, -0.2) is 4.79 Å². The summed E-state index contributed by atoms with van der Waals surface area (Å²) in [6.45, 7) is 0.124. The van der Waals surface area contributed by atoms with Gasteiger partial charge in [-0.15, -0.1) is 11.3 Å². The van der Waals surface area contributed by atoms with Crippen molar-refractivity contribution in [2.75, 3.05) is 13.7 Å². The van der Waals surface area contributed by atoms with E-state index in [0.717, 1.165) is 16.0 Å². The zero-order valence-electron chi connectivity index (χ0n) is 18.9. The normalized spacial score (nSPS) is 18.1. The van der Waals surface area contributed by atoms with Gasteiger partial charge in [-0.2, -0.15) is 8.78 Å². The van der Waals surface area contributed by atoms with E-state index in [1.54, 1.807) is 11.4 Å². The van der Waals surface area contributed by atoms with Crippen molar-refractivity contribution in [1.29, 1.82) is 0 Å². The summed E-state index contributed by atoms with van der Waals surface area (Å²) in [5.41, 5.74) is 1.66. The molecular formula is C26H27F2NO4S. The Kier molecular flexibility index (Phi) is 8.97. The lowest BCUT2D eigenvalue weighted by atomic mass is 10.1. The largest absolute Gasteiger partial charge is 0.465 e. The average Bonchev–Trinajstić information content (AvgIpc) is 3.38. The number of benzene rings is 1. The zero-order chi connectivity index (χ0) is 24.6. The Labute approximate surface area is 202 Å². The summed E-state index contributed by atoms with van der Waals surface area (Å²) in [6, 6.07) is 10.5. The van der Waals surface area contributed by atoms with E-state index in [1.165, 1.54) is 30.6 Å². The van der Waals surface area contributed by atoms with Crippen molar-refractivity contribution in [3.8, 4) is 11.8 Å². The van der Waals surface area contributed by atoms with Gasteiger partial charge in [0.15, 0.2) is 0 Å². The second-order valence-electron chi connectivity index (χ2n) is 8.00. The molecule has 0 radical (unpaired) electrons. The van der Waals surface area contributed by atoms with Crippen molar-refractivity contribution < 1.29 is 28.2 Å². The number of likely N-dealkylation sites (tertiary alicyclic amines) is 1. The molecular weight excluding hydrogens is 460 g/mol. The fourth-order valence-corrected chi connectivity index (χ4v) is 4.63. The molecule has 1 N–H and O–H groups in total. The van der Waals surface area contributed by atoms with Crippen molar-refractivity contribution in [3.63, 3.8) is 0 Å². The number of alkyl halides is 2. The third-order valence-corrected chi connectivity index (χ3v) is 6.47. The maximum absolute atomic E-state index is 14.1. The van der Waals surface area contributed by atoms with Crippen LogP contribution in [0.3, 0.4) is 0 Å². The van der Waals surface area contributed by atoms with Crippen LogP contribution in [0.15, 0.2) is 53.9 Å². The number of carbonyl (C=O) groups excluding carboxylic acids is 2. The van der Waals surface area contributed by atoms with E-state index in [1.807, 2.05) is 30.3 Å². The molecule has 1 aliphatic heterocycles. The van der Waals surface area contributed by atoms with Gasteiger partial charge in [0.05, 0.1) is 19.3 Å². The molecule has 1 fully saturated rings. The maximum atomic E-state index is 14.1. The number of thiophene rings is 1. The van der Waals surface area contributed by atoms with E-state index < -0.39 is 36.4 Å². The second kappa shape index (κ2) is 11.9. The van der Waals surface area contributed by atoms with Gasteiger partial charge in [0, 0.05) is 24.9 Å². The van der Waals surface area contributed by atoms with Crippen LogP contribution in [0.4, 0.5) is 8.78 Å². The van der Waals surface area contributed by atoms with Crippen molar-refractivity contribution >= 4 is 23.2 Å². The number of nitrogens with zero attached hydrogens (tertiary/aromatic N) is 1. The third kappa shape index (κ3) is 6.75. The van der Waals surface area contributed by atoms with Crippen LogP contribution in [0.1, 0.15) is 46.5 Å². The van der Waals surface area contributed by atoms with Crippen LogP contribution in [0, 0.1) is 11.8 Å². The van der Waals surface area contributed by atoms with Crippen LogP contribution in [-0.2, 0) is 16.0 Å². The molecule has 3 rings (SSSR count). The molecule has 1 amide bonds. The van der Waals surface area contributed by atoms with Crippen LogP contribution in [-0.4, -0.2) is 53.6 Å². The summed E-state index contributed by atoms with van der Waals surface area (Å²) >= 11 is 1.26. The third-order valence-electron chi connectivity index (χ3n) is 5.53. The average molecular weight is 488 g/mol. The Bertz CT molecular complexity index is 1070. The van der Waals surface area contributed by atoms with Gasteiger partial charge in [0.25, 0.3) is 5.91 Å². The fourth-order valence-electron chi connectivity index (χ4n) is 3.76. The first-order valence-electron chi connectivity index (χ1n) is 11.1. The number of halogens is 2. The Morgan fingerprint density at radius 2 is 2.12 bits per heavy atom. The number of hydrogen-bond donors (Lipinski definition) is 1. The highest BCUT2D eigenvalue weighted by Gasteiger charge is 2.52. The van der Waals surface area contributed by atoms with Gasteiger partial charge >= 0.3 is 11.9 Å². The Balaban J connectivity index is 1.54. The molecule has 2 atom stereocenters. The van der Waals surface area contributed by atoms with Gasteiger partial charge in [0.2, 0.25) is 0 Å². The molecule has 5 nitrogen and oxygen atoms in total. The minimum atomic E-state index is -3.43. The molecule has 0 saturated carbocycles. The topological polar surface area (TPSA) is 66.8 Å². The van der Waals surface area contributed by atoms with Crippen LogP contribution in [0.5, 0.6) is 0 Å². The molecule has 1 saturated heterocycles. The Hall–Kier alpha value is -3.02. The predicted octanol–water partition coefficient (Wildman–Crippen LogP) is 4.45. The van der Waals surface area contributed by atoms with E-state index in [-0.39, 0.29) is 6.54 Å². The minimum Gasteiger partial charge on any atom is -0.465 e. The van der Waals surface area contributed by atoms with Gasteiger partial charge in [-0.1, -0.05) is 42.2 Å². The lowest BCUT2D eigenvalue weighted by Gasteiger charge is -2.22. The van der Waals surface area contributed by atoms with Crippen LogP contribution in [0.2, 0.25) is 0 Å². The molecule has 34 heavy (non-hydrogen) atoms. The molecule has 0 bridgehead atoms. The summed E-state index contributed by atoms with van der Waals surface area (Å²) in [4.78, 5) is 25.7. The minimum absolute atomic E-state index is 0.124. The number of methoxy groups -OCH3 is 1. The highest BCUT2D eigenvalue weighted by atomic mass is 32.1. The quantitative estimate of drug-likeness (QED) is 0.322. The summed E-state index contributed by atoms with van der Waals surface area (Å²) in [5.74, 6) is 0.924. The lowest BCUT2D eigenvalue weighted by Crippen LogP contribution is -2.36. The number of amides is 1. The molecule has 1 aliphatic rings. The first kappa shape index (κ1) is 25.6. The zero-order valence-corrected chi connectivity index (χ0v) is 19.7. The van der Waals surface area contributed by atoms with Gasteiger partial charge < -0.3 is 14.7 Å². The Morgan fingerprint density at radius 3 is 2.85 bits per heavy atom. The fraction of sp³-hybridized carbons (Fsp3) is 0.385. The number of aliphatic hydroxyl groups is 1. The number of aryl methyl sites for hydroxylation is 1. The SMILES string of the molecule is COC(=O)c1sccc1CCCN1C(=O)C(F)(F)C[C@@H]1/C=C/[C@@H](O)CCC#Cc1ccccc1. The number of rotatable bonds is 9. The van der Waals surface area contributed by atoms with Crippen LogP contribution in [0.25, 0.3) is 0 Å². The Morgan fingerprint density at radius 1 is 1.35 bits per heavy atom. The van der Waals surface area contributed by atoms with Crippen LogP contribution >= 0.6 is 11.3 Å². The van der Waals surface area contributed by atoms with E-state index in [2.05, 4.69) is 11.8 Å². The molecule has 180 valence electrons. The highest BCUT2D eigenvalue weighted by Crippen LogP contribution is 2.34. The summed E-state index contributed by atoms with van der Waals surface area (Å²) in [7, 11) is 1.30. The summed E-state index contributed by atoms with van der Waals surface area (Å²) in [6.07, 6.45) is 3.18. The standard InChI is InChI=1S/C26H27F2NO4S/c1-33-24(31)23-20(15-17-34-23)11-7-16-29-21(18-26(27,28)25(29)32)13-14-22(30)12-6-5-10-19-8-3-2-4-9-19/h2-4,8-9,13-15,17,21-22,30H,6-7,11-12,16,18H2,1H3/b14-13+/t21-,22-/m0/s1. The number of esters is 1. The summed E-state index contributed by atoms with van der Waals surface area (Å²) < 4.78 is 33.0. The van der Waals surface area contributed by atoms with Crippen molar-refractivity contribution in [3.05, 3.63) is 69.9 Å². The van der Waals surface area contributed by atoms with E-state index in [0.29, 0.717) is 30.6 Å². The molecule has 0 unspecified atom stereocenters. The molecule has 2 heterocycles. The highest BCUT2D eigenvalue weighted by molar-refractivity contribution is 7.12. The summed E-state index contributed by atoms with van der Waals surface area (Å²) in [5, 5.41) is 12.0. The lowest BCUT2D eigenvalue weighted by molar-refractivity contribution is -0.148. The number of hydrogen-bond acceptors (Lipinski definition) is 5. The number of ether oxygens (including phenoxy) is 1. The maximum Gasteiger partial charge on any atom is 0.348 e. The molecule has 1 aromatic heterocycles. The van der Waals surface area contributed by atoms with E-state index in [4.69, 9.17) is 4.74 Å². The van der Waals surface area contributed by atoms with Crippen LogP contribution < -0.4 is 0 Å². The van der Waals surface area contributed by atoms with Gasteiger partial charge in [0.1, 0.15) is 4.88 Å². The van der Waals surface area contributed by atoms with Crippen molar-refractivity contribution in [1.82, 2.24) is 4.90 Å². The first-order valence-corrected chi connectivity index (χ1v) is 11.9. The number of aliphatic hydroxyl groups excluding tert-OH is 1.